The standard InChI is InChI=1S/C18H12IN3OS/c19-13-6-3-5-12(11-13)18(23)21-17-16(14-7-4-10-24-14)20-15-8-1-2-9-22(15)17/h1-11H,(H,21,23). The van der Waals surface area contributed by atoms with Gasteiger partial charge in [0.2, 0.25) is 0 Å². The summed E-state index contributed by atoms with van der Waals surface area (Å²) < 4.78 is 2.93. The second-order valence-corrected chi connectivity index (χ2v) is 7.37. The van der Waals surface area contributed by atoms with Crippen LogP contribution in [0.15, 0.2) is 66.2 Å². The van der Waals surface area contributed by atoms with Crippen LogP contribution in [-0.4, -0.2) is 15.3 Å². The summed E-state index contributed by atoms with van der Waals surface area (Å²) in [7, 11) is 0. The zero-order chi connectivity index (χ0) is 16.5. The fraction of sp³-hybridized carbons (Fsp3) is 0. The minimum Gasteiger partial charge on any atom is -0.306 e. The van der Waals surface area contributed by atoms with Crippen molar-refractivity contribution in [2.75, 3.05) is 5.32 Å². The molecule has 4 rings (SSSR count). The minimum absolute atomic E-state index is 0.142. The molecule has 0 aliphatic carbocycles. The van der Waals surface area contributed by atoms with Gasteiger partial charge in [0.1, 0.15) is 17.2 Å². The van der Waals surface area contributed by atoms with Crippen molar-refractivity contribution in [3.63, 3.8) is 0 Å². The summed E-state index contributed by atoms with van der Waals surface area (Å²) >= 11 is 3.80. The average molecular weight is 445 g/mol. The Labute approximate surface area is 156 Å². The van der Waals surface area contributed by atoms with Gasteiger partial charge in [-0.25, -0.2) is 4.98 Å². The van der Waals surface area contributed by atoms with Crippen molar-refractivity contribution in [3.8, 4) is 10.6 Å². The van der Waals surface area contributed by atoms with E-state index in [1.807, 2.05) is 70.6 Å². The fourth-order valence-corrected chi connectivity index (χ4v) is 3.77. The first kappa shape index (κ1) is 15.3. The molecule has 3 aromatic heterocycles. The zero-order valence-electron chi connectivity index (χ0n) is 12.4. The number of anilines is 1. The van der Waals surface area contributed by atoms with E-state index in [9.17, 15) is 4.79 Å². The predicted octanol–water partition coefficient (Wildman–Crippen LogP) is 4.92. The summed E-state index contributed by atoms with van der Waals surface area (Å²) in [6.07, 6.45) is 1.91. The average Bonchev–Trinajstić information content (AvgIpc) is 3.23. The van der Waals surface area contributed by atoms with Crippen molar-refractivity contribution < 1.29 is 4.79 Å². The smallest absolute Gasteiger partial charge is 0.256 e. The number of carbonyl (C=O) groups is 1. The number of pyridine rings is 1. The van der Waals surface area contributed by atoms with E-state index in [0.717, 1.165) is 19.8 Å². The Morgan fingerprint density at radius 2 is 2.04 bits per heavy atom. The quantitative estimate of drug-likeness (QED) is 0.455. The number of aromatic nitrogens is 2. The van der Waals surface area contributed by atoms with Gasteiger partial charge >= 0.3 is 0 Å². The molecule has 3 heterocycles. The van der Waals surface area contributed by atoms with E-state index in [1.165, 1.54) is 0 Å². The topological polar surface area (TPSA) is 46.4 Å². The molecule has 1 N–H and O–H groups in total. The molecule has 0 spiro atoms. The molecular weight excluding hydrogens is 433 g/mol. The highest BCUT2D eigenvalue weighted by molar-refractivity contribution is 14.1. The molecule has 6 heteroatoms. The van der Waals surface area contributed by atoms with Crippen molar-refractivity contribution in [2.24, 2.45) is 0 Å². The molecule has 1 aromatic carbocycles. The zero-order valence-corrected chi connectivity index (χ0v) is 15.4. The molecule has 24 heavy (non-hydrogen) atoms. The first-order chi connectivity index (χ1) is 11.7. The van der Waals surface area contributed by atoms with E-state index < -0.39 is 0 Å². The summed E-state index contributed by atoms with van der Waals surface area (Å²) in [5.74, 6) is 0.550. The number of nitrogens with zero attached hydrogens (tertiary/aromatic N) is 2. The number of rotatable bonds is 3. The number of imidazole rings is 1. The van der Waals surface area contributed by atoms with Gasteiger partial charge in [0, 0.05) is 15.3 Å². The van der Waals surface area contributed by atoms with Gasteiger partial charge in [0.25, 0.3) is 5.91 Å². The number of nitrogens with one attached hydrogen (secondary N) is 1. The van der Waals surface area contributed by atoms with E-state index >= 15 is 0 Å². The second kappa shape index (κ2) is 6.37. The van der Waals surface area contributed by atoms with Crippen LogP contribution in [0.5, 0.6) is 0 Å². The van der Waals surface area contributed by atoms with Crippen LogP contribution in [0.1, 0.15) is 10.4 Å². The number of hydrogen-bond acceptors (Lipinski definition) is 3. The first-order valence-electron chi connectivity index (χ1n) is 7.30. The van der Waals surface area contributed by atoms with Gasteiger partial charge in [-0.1, -0.05) is 18.2 Å². The van der Waals surface area contributed by atoms with Gasteiger partial charge < -0.3 is 5.32 Å². The Morgan fingerprint density at radius 1 is 1.12 bits per heavy atom. The Bertz CT molecular complexity index is 1020. The van der Waals surface area contributed by atoms with Crippen LogP contribution < -0.4 is 5.32 Å². The molecule has 118 valence electrons. The van der Waals surface area contributed by atoms with Crippen molar-refractivity contribution >= 4 is 51.3 Å². The van der Waals surface area contributed by atoms with Crippen molar-refractivity contribution in [3.05, 3.63) is 75.3 Å². The highest BCUT2D eigenvalue weighted by atomic mass is 127. The van der Waals surface area contributed by atoms with E-state index in [1.54, 1.807) is 11.3 Å². The lowest BCUT2D eigenvalue weighted by Gasteiger charge is -2.07. The molecule has 0 aliphatic heterocycles. The monoisotopic (exact) mass is 445 g/mol. The molecule has 0 saturated carbocycles. The molecule has 0 bridgehead atoms. The fourth-order valence-electron chi connectivity index (χ4n) is 2.51. The lowest BCUT2D eigenvalue weighted by Crippen LogP contribution is -2.14. The number of carbonyl (C=O) groups excluding carboxylic acids is 1. The Kier molecular flexibility index (Phi) is 4.07. The number of hydrogen-bond donors (Lipinski definition) is 1. The van der Waals surface area contributed by atoms with E-state index in [0.29, 0.717) is 11.4 Å². The third kappa shape index (κ3) is 2.83. The van der Waals surface area contributed by atoms with Crippen LogP contribution in [0.2, 0.25) is 0 Å². The van der Waals surface area contributed by atoms with Gasteiger partial charge in [0.15, 0.2) is 0 Å². The number of amides is 1. The van der Waals surface area contributed by atoms with Crippen LogP contribution in [0.25, 0.3) is 16.2 Å². The Morgan fingerprint density at radius 3 is 2.83 bits per heavy atom. The third-order valence-electron chi connectivity index (χ3n) is 3.60. The second-order valence-electron chi connectivity index (χ2n) is 5.18. The maximum Gasteiger partial charge on any atom is 0.256 e. The first-order valence-corrected chi connectivity index (χ1v) is 9.26. The summed E-state index contributed by atoms with van der Waals surface area (Å²) in [6, 6.07) is 17.3. The largest absolute Gasteiger partial charge is 0.306 e. The van der Waals surface area contributed by atoms with Crippen LogP contribution in [-0.2, 0) is 0 Å². The number of thiophene rings is 1. The van der Waals surface area contributed by atoms with Crippen LogP contribution in [0.4, 0.5) is 5.82 Å². The molecule has 0 saturated heterocycles. The molecule has 0 unspecified atom stereocenters. The summed E-state index contributed by atoms with van der Waals surface area (Å²) in [4.78, 5) is 18.4. The predicted molar refractivity (Wildman–Crippen MR) is 106 cm³/mol. The number of fused-ring (bicyclic) bond motifs is 1. The van der Waals surface area contributed by atoms with Gasteiger partial charge in [-0.2, -0.15) is 0 Å². The SMILES string of the molecule is O=C(Nc1c(-c2cccs2)nc2ccccn12)c1cccc(I)c1. The molecule has 4 aromatic rings. The van der Waals surface area contributed by atoms with E-state index in [-0.39, 0.29) is 5.91 Å². The van der Waals surface area contributed by atoms with Crippen molar-refractivity contribution in [2.45, 2.75) is 0 Å². The molecule has 0 atom stereocenters. The minimum atomic E-state index is -0.142. The Balaban J connectivity index is 1.80. The molecule has 4 nitrogen and oxygen atoms in total. The van der Waals surface area contributed by atoms with Gasteiger partial charge in [-0.3, -0.25) is 9.20 Å². The maximum absolute atomic E-state index is 12.7. The summed E-state index contributed by atoms with van der Waals surface area (Å²) in [5, 5.41) is 5.03. The lowest BCUT2D eigenvalue weighted by molar-refractivity contribution is 0.102. The van der Waals surface area contributed by atoms with Gasteiger partial charge in [-0.05, 0) is 64.4 Å². The molecule has 1 amide bonds. The van der Waals surface area contributed by atoms with Crippen LogP contribution in [0.3, 0.4) is 0 Å². The normalized spacial score (nSPS) is 10.9. The summed E-state index contributed by atoms with van der Waals surface area (Å²) in [6.45, 7) is 0. The third-order valence-corrected chi connectivity index (χ3v) is 5.15. The van der Waals surface area contributed by atoms with Crippen molar-refractivity contribution in [1.82, 2.24) is 9.38 Å². The van der Waals surface area contributed by atoms with Crippen LogP contribution in [0, 0.1) is 3.57 Å². The van der Waals surface area contributed by atoms with E-state index in [4.69, 9.17) is 0 Å². The molecule has 0 aliphatic rings. The molecular formula is C18H12IN3OS. The highest BCUT2D eigenvalue weighted by Crippen LogP contribution is 2.32. The number of halogens is 1. The summed E-state index contributed by atoms with van der Waals surface area (Å²) in [5.41, 5.74) is 2.22. The Hall–Kier alpha value is -2.19. The van der Waals surface area contributed by atoms with Gasteiger partial charge in [0.05, 0.1) is 4.88 Å². The lowest BCUT2D eigenvalue weighted by atomic mass is 10.2. The molecule has 0 fully saturated rings. The van der Waals surface area contributed by atoms with Crippen molar-refractivity contribution in [1.29, 1.82) is 0 Å². The van der Waals surface area contributed by atoms with Gasteiger partial charge in [-0.15, -0.1) is 11.3 Å². The van der Waals surface area contributed by atoms with Crippen LogP contribution >= 0.6 is 33.9 Å². The maximum atomic E-state index is 12.7. The molecule has 0 radical (unpaired) electrons. The van der Waals surface area contributed by atoms with E-state index in [2.05, 4.69) is 32.9 Å². The highest BCUT2D eigenvalue weighted by Gasteiger charge is 2.17. The number of benzene rings is 1.